The van der Waals surface area contributed by atoms with E-state index >= 15 is 0 Å². The van der Waals surface area contributed by atoms with Gasteiger partial charge in [0.1, 0.15) is 5.82 Å². The molecule has 0 saturated heterocycles. The smallest absolute Gasteiger partial charge is 0.252 e. The van der Waals surface area contributed by atoms with Crippen LogP contribution >= 0.6 is 0 Å². The van der Waals surface area contributed by atoms with Gasteiger partial charge < -0.3 is 16.0 Å². The number of nitrogens with one attached hydrogen (secondary N) is 2. The summed E-state index contributed by atoms with van der Waals surface area (Å²) in [6, 6.07) is 8.96. The molecule has 0 aliphatic carbocycles. The van der Waals surface area contributed by atoms with Crippen molar-refractivity contribution in [1.29, 1.82) is 0 Å². The molecule has 0 saturated carbocycles. The van der Waals surface area contributed by atoms with Crippen LogP contribution in [0, 0.1) is 0 Å². The number of para-hydroxylation sites is 1. The van der Waals surface area contributed by atoms with Crippen LogP contribution in [-0.2, 0) is 6.54 Å². The lowest BCUT2D eigenvalue weighted by Crippen LogP contribution is -2.09. The Morgan fingerprint density at radius 2 is 2.19 bits per heavy atom. The second-order valence-electron chi connectivity index (χ2n) is 3.35. The summed E-state index contributed by atoms with van der Waals surface area (Å²) in [6.07, 6.45) is 1.36. The lowest BCUT2D eigenvalue weighted by atomic mass is 10.2. The zero-order valence-corrected chi connectivity index (χ0v) is 8.60. The molecule has 0 aliphatic heterocycles. The highest BCUT2D eigenvalue weighted by atomic mass is 16.1. The van der Waals surface area contributed by atoms with Gasteiger partial charge in [-0.05, 0) is 11.6 Å². The molecule has 82 valence electrons. The van der Waals surface area contributed by atoms with Gasteiger partial charge in [-0.1, -0.05) is 18.2 Å². The second kappa shape index (κ2) is 4.48. The van der Waals surface area contributed by atoms with Crippen LogP contribution in [0.15, 0.2) is 41.5 Å². The molecule has 4 N–H and O–H groups in total. The summed E-state index contributed by atoms with van der Waals surface area (Å²) < 4.78 is 0. The van der Waals surface area contributed by atoms with Crippen molar-refractivity contribution in [2.45, 2.75) is 6.54 Å². The Kier molecular flexibility index (Phi) is 2.86. The molecule has 5 nitrogen and oxygen atoms in total. The van der Waals surface area contributed by atoms with E-state index in [1.165, 1.54) is 12.4 Å². The summed E-state index contributed by atoms with van der Waals surface area (Å²) in [7, 11) is 0. The number of hydrogen-bond acceptors (Lipinski definition) is 4. The quantitative estimate of drug-likeness (QED) is 0.667. The number of aromatic nitrogens is 2. The topological polar surface area (TPSA) is 83.8 Å². The SMILES string of the molecule is Nc1ccccc1CNc1cc(=O)[nH]cn1. The molecule has 16 heavy (non-hydrogen) atoms. The largest absolute Gasteiger partial charge is 0.398 e. The van der Waals surface area contributed by atoms with E-state index in [1.54, 1.807) is 0 Å². The molecular weight excluding hydrogens is 204 g/mol. The van der Waals surface area contributed by atoms with Crippen LogP contribution in [-0.4, -0.2) is 9.97 Å². The predicted molar refractivity (Wildman–Crippen MR) is 63.0 cm³/mol. The number of H-pyrrole nitrogens is 1. The first-order chi connectivity index (χ1) is 7.75. The van der Waals surface area contributed by atoms with Crippen LogP contribution in [0.25, 0.3) is 0 Å². The van der Waals surface area contributed by atoms with Crippen LogP contribution in [0.4, 0.5) is 11.5 Å². The summed E-state index contributed by atoms with van der Waals surface area (Å²) in [6.45, 7) is 0.545. The number of benzene rings is 1. The van der Waals surface area contributed by atoms with Crippen molar-refractivity contribution in [3.63, 3.8) is 0 Å². The standard InChI is InChI=1S/C11H12N4O/c12-9-4-2-1-3-8(9)6-13-10-5-11(16)15-7-14-10/h1-5,7H,6,12H2,(H2,13,14,15,16). The molecule has 0 spiro atoms. The molecule has 0 radical (unpaired) electrons. The minimum absolute atomic E-state index is 0.182. The predicted octanol–water partition coefficient (Wildman–Crippen LogP) is 0.964. The minimum atomic E-state index is -0.182. The van der Waals surface area contributed by atoms with Crippen molar-refractivity contribution in [2.75, 3.05) is 11.1 Å². The first-order valence-electron chi connectivity index (χ1n) is 4.88. The number of anilines is 2. The first kappa shape index (κ1) is 10.2. The Balaban J connectivity index is 2.08. The Bertz CT molecular complexity index is 535. The lowest BCUT2D eigenvalue weighted by Gasteiger charge is -2.07. The minimum Gasteiger partial charge on any atom is -0.398 e. The van der Waals surface area contributed by atoms with Crippen LogP contribution in [0.3, 0.4) is 0 Å². The third kappa shape index (κ3) is 2.38. The van der Waals surface area contributed by atoms with Gasteiger partial charge in [0.15, 0.2) is 0 Å². The lowest BCUT2D eigenvalue weighted by molar-refractivity contribution is 1.06. The zero-order chi connectivity index (χ0) is 11.4. The Morgan fingerprint density at radius 3 is 2.94 bits per heavy atom. The molecular formula is C11H12N4O. The number of aromatic amines is 1. The highest BCUT2D eigenvalue weighted by molar-refractivity contribution is 5.48. The molecule has 1 aromatic carbocycles. The van der Waals surface area contributed by atoms with E-state index in [4.69, 9.17) is 5.73 Å². The molecule has 2 rings (SSSR count). The van der Waals surface area contributed by atoms with Gasteiger partial charge in [-0.3, -0.25) is 4.79 Å². The molecule has 5 heteroatoms. The van der Waals surface area contributed by atoms with Gasteiger partial charge in [0.05, 0.1) is 6.33 Å². The van der Waals surface area contributed by atoms with Gasteiger partial charge in [-0.2, -0.15) is 0 Å². The number of rotatable bonds is 3. The van der Waals surface area contributed by atoms with Crippen molar-refractivity contribution >= 4 is 11.5 Å². The number of nitrogen functional groups attached to an aromatic ring is 1. The van der Waals surface area contributed by atoms with Gasteiger partial charge >= 0.3 is 0 Å². The van der Waals surface area contributed by atoms with E-state index in [1.807, 2.05) is 24.3 Å². The Morgan fingerprint density at radius 1 is 1.38 bits per heavy atom. The summed E-state index contributed by atoms with van der Waals surface area (Å²) in [5.41, 5.74) is 7.30. The van der Waals surface area contributed by atoms with E-state index < -0.39 is 0 Å². The summed E-state index contributed by atoms with van der Waals surface area (Å²) in [5.74, 6) is 0.534. The molecule has 0 fully saturated rings. The maximum atomic E-state index is 11.0. The Hall–Kier alpha value is -2.30. The van der Waals surface area contributed by atoms with Crippen molar-refractivity contribution in [3.05, 3.63) is 52.6 Å². The van der Waals surface area contributed by atoms with Crippen molar-refractivity contribution in [1.82, 2.24) is 9.97 Å². The molecule has 0 amide bonds. The maximum absolute atomic E-state index is 11.0. The van der Waals surface area contributed by atoms with E-state index in [0.717, 1.165) is 11.3 Å². The number of hydrogen-bond donors (Lipinski definition) is 3. The van der Waals surface area contributed by atoms with Crippen molar-refractivity contribution in [3.8, 4) is 0 Å². The van der Waals surface area contributed by atoms with E-state index in [2.05, 4.69) is 15.3 Å². The van der Waals surface area contributed by atoms with Gasteiger partial charge in [0.2, 0.25) is 0 Å². The molecule has 2 aromatic rings. The van der Waals surface area contributed by atoms with Crippen molar-refractivity contribution < 1.29 is 0 Å². The van der Waals surface area contributed by atoms with E-state index in [-0.39, 0.29) is 5.56 Å². The monoisotopic (exact) mass is 216 g/mol. The highest BCUT2D eigenvalue weighted by Gasteiger charge is 1.98. The molecule has 1 aromatic heterocycles. The second-order valence-corrected chi connectivity index (χ2v) is 3.35. The van der Waals surface area contributed by atoms with Crippen molar-refractivity contribution in [2.24, 2.45) is 0 Å². The van der Waals surface area contributed by atoms with Gasteiger partial charge in [0, 0.05) is 18.3 Å². The van der Waals surface area contributed by atoms with Crippen LogP contribution in [0.1, 0.15) is 5.56 Å². The van der Waals surface area contributed by atoms with Gasteiger partial charge in [0.25, 0.3) is 5.56 Å². The Labute approximate surface area is 92.3 Å². The highest BCUT2D eigenvalue weighted by Crippen LogP contribution is 2.11. The average molecular weight is 216 g/mol. The van der Waals surface area contributed by atoms with Gasteiger partial charge in [-0.15, -0.1) is 0 Å². The summed E-state index contributed by atoms with van der Waals surface area (Å²) in [4.78, 5) is 17.4. The maximum Gasteiger partial charge on any atom is 0.252 e. The number of nitrogens with two attached hydrogens (primary N) is 1. The fraction of sp³-hybridized carbons (Fsp3) is 0.0909. The first-order valence-corrected chi connectivity index (χ1v) is 4.88. The molecule has 0 aliphatic rings. The molecule has 1 heterocycles. The molecule has 0 atom stereocenters. The van der Waals surface area contributed by atoms with Crippen LogP contribution in [0.5, 0.6) is 0 Å². The van der Waals surface area contributed by atoms with Crippen LogP contribution in [0.2, 0.25) is 0 Å². The van der Waals surface area contributed by atoms with Crippen LogP contribution < -0.4 is 16.6 Å². The van der Waals surface area contributed by atoms with E-state index in [9.17, 15) is 4.79 Å². The van der Waals surface area contributed by atoms with Gasteiger partial charge in [-0.25, -0.2) is 4.98 Å². The van der Waals surface area contributed by atoms with E-state index in [0.29, 0.717) is 12.4 Å². The summed E-state index contributed by atoms with van der Waals surface area (Å²) in [5, 5.41) is 3.03. The summed E-state index contributed by atoms with van der Waals surface area (Å²) >= 11 is 0. The number of nitrogens with zero attached hydrogens (tertiary/aromatic N) is 1. The normalized spacial score (nSPS) is 10.0. The third-order valence-electron chi connectivity index (χ3n) is 2.19. The fourth-order valence-corrected chi connectivity index (χ4v) is 1.35. The zero-order valence-electron chi connectivity index (χ0n) is 8.60. The fourth-order valence-electron chi connectivity index (χ4n) is 1.35. The molecule has 0 unspecified atom stereocenters. The molecule has 0 bridgehead atoms. The third-order valence-corrected chi connectivity index (χ3v) is 2.19. The average Bonchev–Trinajstić information content (AvgIpc) is 2.28.